The van der Waals surface area contributed by atoms with Gasteiger partial charge < -0.3 is 0 Å². The summed E-state index contributed by atoms with van der Waals surface area (Å²) in [7, 11) is 0. The Morgan fingerprint density at radius 2 is 2.67 bits per heavy atom. The van der Waals surface area contributed by atoms with Crippen LogP contribution in [-0.2, 0) is 0 Å². The first-order valence-electron chi connectivity index (χ1n) is 2.44. The van der Waals surface area contributed by atoms with E-state index in [2.05, 4.69) is 18.1 Å². The van der Waals surface area contributed by atoms with Crippen LogP contribution in [0, 0.1) is 5.92 Å². The van der Waals surface area contributed by atoms with Crippen molar-refractivity contribution in [2.75, 3.05) is 6.54 Å². The van der Waals surface area contributed by atoms with Crippen LogP contribution < -0.4 is 4.99 Å². The molecule has 6 heavy (non-hydrogen) atoms. The van der Waals surface area contributed by atoms with Gasteiger partial charge in [0.1, 0.15) is 12.8 Å². The first-order valence-corrected chi connectivity index (χ1v) is 2.44. The molecule has 0 amide bonds. The van der Waals surface area contributed by atoms with Crippen LogP contribution in [0.3, 0.4) is 0 Å². The molecule has 34 valence electrons. The van der Waals surface area contributed by atoms with Gasteiger partial charge in [-0.3, -0.25) is 4.99 Å². The van der Waals surface area contributed by atoms with Crippen molar-refractivity contribution in [2.24, 2.45) is 5.92 Å². The molecule has 1 heteroatoms. The topological polar surface area (TPSA) is 14.0 Å². The molecule has 0 radical (unpaired) electrons. The van der Waals surface area contributed by atoms with E-state index in [1.165, 1.54) is 13.0 Å². The third-order valence-electron chi connectivity index (χ3n) is 1.13. The second-order valence-electron chi connectivity index (χ2n) is 1.95. The molecule has 0 saturated carbocycles. The zero-order valence-electron chi connectivity index (χ0n) is 4.07. The molecule has 1 unspecified atom stereocenters. The molecule has 1 nitrogen and oxygen atoms in total. The summed E-state index contributed by atoms with van der Waals surface area (Å²) in [6.45, 7) is 3.43. The number of nitrogens with one attached hydrogen (secondary N) is 1. The van der Waals surface area contributed by atoms with Gasteiger partial charge in [0.2, 0.25) is 0 Å². The van der Waals surface area contributed by atoms with Crippen LogP contribution in [0.1, 0.15) is 13.3 Å². The van der Waals surface area contributed by atoms with Gasteiger partial charge in [-0.25, -0.2) is 0 Å². The summed E-state index contributed by atoms with van der Waals surface area (Å²) in [6, 6.07) is 0. The minimum absolute atomic E-state index is 0.880. The zero-order chi connectivity index (χ0) is 4.41. The van der Waals surface area contributed by atoms with Gasteiger partial charge in [0, 0.05) is 12.3 Å². The predicted octanol–water partition coefficient (Wildman–Crippen LogP) is -0.822. The Hall–Kier alpha value is -0.330. The molecule has 0 aromatic rings. The van der Waals surface area contributed by atoms with E-state index in [1.54, 1.807) is 0 Å². The van der Waals surface area contributed by atoms with Gasteiger partial charge in [0.15, 0.2) is 0 Å². The van der Waals surface area contributed by atoms with Crippen molar-refractivity contribution in [2.45, 2.75) is 13.3 Å². The fourth-order valence-corrected chi connectivity index (χ4v) is 0.652. The van der Waals surface area contributed by atoms with Crippen LogP contribution in [0.5, 0.6) is 0 Å². The largest absolute Gasteiger partial charge is 0.251 e. The maximum atomic E-state index is 3.15. The molecular weight excluding hydrogens is 74.1 g/mol. The van der Waals surface area contributed by atoms with Crippen LogP contribution in [0.4, 0.5) is 0 Å². The molecule has 1 N–H and O–H groups in total. The third kappa shape index (κ3) is 0.588. The lowest BCUT2D eigenvalue weighted by Gasteiger charge is -1.84. The standard InChI is InChI=1S/C5H9N/c1-5-2-3-6-4-5/h3,5H,2,4H2,1H3/p+1. The normalized spacial score (nSPS) is 31.8. The Bertz CT molecular complexity index is 58.3. The Kier molecular flexibility index (Phi) is 0.906. The molecule has 0 aromatic heterocycles. The van der Waals surface area contributed by atoms with Crippen molar-refractivity contribution in [1.82, 2.24) is 0 Å². The predicted molar refractivity (Wildman–Crippen MR) is 25.7 cm³/mol. The van der Waals surface area contributed by atoms with Gasteiger partial charge in [0.25, 0.3) is 0 Å². The van der Waals surface area contributed by atoms with E-state index >= 15 is 0 Å². The maximum absolute atomic E-state index is 3.15. The van der Waals surface area contributed by atoms with Crippen LogP contribution in [-0.4, -0.2) is 12.8 Å². The maximum Gasteiger partial charge on any atom is 0.143 e. The smallest absolute Gasteiger partial charge is 0.143 e. The lowest BCUT2D eigenvalue weighted by Crippen LogP contribution is -2.66. The van der Waals surface area contributed by atoms with Gasteiger partial charge in [-0.2, -0.15) is 0 Å². The van der Waals surface area contributed by atoms with Crippen molar-refractivity contribution in [3.05, 3.63) is 0 Å². The van der Waals surface area contributed by atoms with E-state index in [4.69, 9.17) is 0 Å². The van der Waals surface area contributed by atoms with Gasteiger partial charge in [-0.05, 0) is 0 Å². The Balaban J connectivity index is 2.32. The highest BCUT2D eigenvalue weighted by molar-refractivity contribution is 5.51. The number of rotatable bonds is 0. The molecule has 0 spiro atoms. The quantitative estimate of drug-likeness (QED) is 0.394. The highest BCUT2D eigenvalue weighted by Gasteiger charge is 2.07. The van der Waals surface area contributed by atoms with Crippen molar-refractivity contribution in [3.8, 4) is 0 Å². The van der Waals surface area contributed by atoms with Crippen molar-refractivity contribution >= 4 is 6.21 Å². The Morgan fingerprint density at radius 3 is 2.83 bits per heavy atom. The van der Waals surface area contributed by atoms with E-state index in [-0.39, 0.29) is 0 Å². The molecule has 1 heterocycles. The lowest BCUT2D eigenvalue weighted by molar-refractivity contribution is -0.448. The van der Waals surface area contributed by atoms with E-state index < -0.39 is 0 Å². The molecule has 1 atom stereocenters. The minimum Gasteiger partial charge on any atom is -0.251 e. The first-order chi connectivity index (χ1) is 2.89. The van der Waals surface area contributed by atoms with Crippen LogP contribution in [0.2, 0.25) is 0 Å². The molecular formula is C5H10N+. The molecule has 0 aliphatic carbocycles. The van der Waals surface area contributed by atoms with E-state index in [1.807, 2.05) is 0 Å². The fourth-order valence-electron chi connectivity index (χ4n) is 0.652. The van der Waals surface area contributed by atoms with Crippen molar-refractivity contribution in [3.63, 3.8) is 0 Å². The summed E-state index contributed by atoms with van der Waals surface area (Å²) in [6.07, 6.45) is 3.38. The summed E-state index contributed by atoms with van der Waals surface area (Å²) in [4.78, 5) is 3.15. The average molecular weight is 84.1 g/mol. The SMILES string of the molecule is CC1CC=[NH+]C1. The lowest BCUT2D eigenvalue weighted by atomic mass is 10.2. The van der Waals surface area contributed by atoms with Crippen LogP contribution in [0.15, 0.2) is 0 Å². The van der Waals surface area contributed by atoms with E-state index in [0.717, 1.165) is 5.92 Å². The van der Waals surface area contributed by atoms with Gasteiger partial charge in [0.05, 0.1) is 0 Å². The number of hydrogen-bond acceptors (Lipinski definition) is 0. The molecule has 1 aliphatic heterocycles. The summed E-state index contributed by atoms with van der Waals surface area (Å²) in [5, 5.41) is 0. The summed E-state index contributed by atoms with van der Waals surface area (Å²) in [5.74, 6) is 0.880. The second kappa shape index (κ2) is 1.41. The summed E-state index contributed by atoms with van der Waals surface area (Å²) < 4.78 is 0. The highest BCUT2D eigenvalue weighted by Crippen LogP contribution is 1.94. The Morgan fingerprint density at radius 1 is 1.83 bits per heavy atom. The fraction of sp³-hybridized carbons (Fsp3) is 0.800. The molecule has 0 aromatic carbocycles. The van der Waals surface area contributed by atoms with Gasteiger partial charge >= 0.3 is 0 Å². The molecule has 0 saturated heterocycles. The zero-order valence-corrected chi connectivity index (χ0v) is 4.07. The molecule has 1 rings (SSSR count). The number of hydrogen-bond donors (Lipinski definition) is 1. The van der Waals surface area contributed by atoms with Gasteiger partial charge in [-0.1, -0.05) is 6.92 Å². The molecule has 1 aliphatic rings. The summed E-state index contributed by atoms with van der Waals surface area (Å²) in [5.41, 5.74) is 0. The first kappa shape index (κ1) is 3.85. The highest BCUT2D eigenvalue weighted by atomic mass is 14.7. The Labute approximate surface area is 38.1 Å². The average Bonchev–Trinajstić information content (AvgIpc) is 1.86. The van der Waals surface area contributed by atoms with E-state index in [9.17, 15) is 0 Å². The minimum atomic E-state index is 0.880. The van der Waals surface area contributed by atoms with Crippen molar-refractivity contribution < 1.29 is 4.99 Å². The second-order valence-corrected chi connectivity index (χ2v) is 1.95. The summed E-state index contributed by atoms with van der Waals surface area (Å²) >= 11 is 0. The van der Waals surface area contributed by atoms with Crippen LogP contribution in [0.25, 0.3) is 0 Å². The van der Waals surface area contributed by atoms with Crippen LogP contribution >= 0.6 is 0 Å². The van der Waals surface area contributed by atoms with Gasteiger partial charge in [-0.15, -0.1) is 0 Å². The van der Waals surface area contributed by atoms with Crippen molar-refractivity contribution in [1.29, 1.82) is 0 Å². The third-order valence-corrected chi connectivity index (χ3v) is 1.13. The monoisotopic (exact) mass is 84.1 g/mol. The molecule has 0 fully saturated rings. The van der Waals surface area contributed by atoms with E-state index in [0.29, 0.717) is 0 Å². The molecule has 0 bridgehead atoms.